The van der Waals surface area contributed by atoms with E-state index in [-0.39, 0.29) is 23.3 Å². The molecule has 1 amide bonds. The summed E-state index contributed by atoms with van der Waals surface area (Å²) in [4.78, 5) is 16.0. The number of aromatic hydroxyl groups is 1. The van der Waals surface area contributed by atoms with Gasteiger partial charge in [0.05, 0.1) is 5.56 Å². The summed E-state index contributed by atoms with van der Waals surface area (Å²) in [5.74, 6) is -1.19. The van der Waals surface area contributed by atoms with E-state index in [0.717, 1.165) is 32.0 Å². The highest BCUT2D eigenvalue weighted by molar-refractivity contribution is 5.94. The molecule has 1 N–H and O–H groups in total. The molecule has 104 valence electrons. The molecule has 5 heteroatoms. The maximum Gasteiger partial charge on any atom is 0.256 e. The number of hydrogen-bond acceptors (Lipinski definition) is 3. The van der Waals surface area contributed by atoms with Gasteiger partial charge in [-0.3, -0.25) is 4.79 Å². The molecule has 1 heterocycles. The highest BCUT2D eigenvalue weighted by Crippen LogP contribution is 2.20. The lowest BCUT2D eigenvalue weighted by molar-refractivity contribution is 0.0639. The van der Waals surface area contributed by atoms with Crippen LogP contribution in [0.1, 0.15) is 23.2 Å². The first kappa shape index (κ1) is 13.8. The Morgan fingerprint density at radius 1 is 1.53 bits per heavy atom. The van der Waals surface area contributed by atoms with Crippen molar-refractivity contribution in [1.82, 2.24) is 9.80 Å². The zero-order chi connectivity index (χ0) is 14.0. The predicted octanol–water partition coefficient (Wildman–Crippen LogP) is 1.70. The first-order valence-electron chi connectivity index (χ1n) is 6.43. The molecule has 1 aliphatic heterocycles. The van der Waals surface area contributed by atoms with Gasteiger partial charge < -0.3 is 14.9 Å². The van der Waals surface area contributed by atoms with Crippen LogP contribution in [0.4, 0.5) is 4.39 Å². The maximum atomic E-state index is 13.7. The van der Waals surface area contributed by atoms with Crippen molar-refractivity contribution < 1.29 is 14.3 Å². The van der Waals surface area contributed by atoms with Crippen LogP contribution in [0.5, 0.6) is 5.75 Å². The Bertz CT molecular complexity index is 479. The lowest BCUT2D eigenvalue weighted by Crippen LogP contribution is -2.47. The number of likely N-dealkylation sites (tertiary alicyclic amines) is 1. The number of carbonyl (C=O) groups excluding carboxylic acids is 1. The van der Waals surface area contributed by atoms with Crippen LogP contribution in [-0.2, 0) is 0 Å². The number of benzene rings is 1. The molecule has 1 saturated heterocycles. The fourth-order valence-corrected chi connectivity index (χ4v) is 2.49. The minimum Gasteiger partial charge on any atom is -0.508 e. The van der Waals surface area contributed by atoms with Gasteiger partial charge in [-0.2, -0.15) is 0 Å². The van der Waals surface area contributed by atoms with Crippen molar-refractivity contribution in [2.45, 2.75) is 18.9 Å². The molecule has 0 aliphatic carbocycles. The van der Waals surface area contributed by atoms with Gasteiger partial charge in [-0.25, -0.2) is 4.39 Å². The topological polar surface area (TPSA) is 43.8 Å². The van der Waals surface area contributed by atoms with Crippen LogP contribution >= 0.6 is 0 Å². The molecule has 19 heavy (non-hydrogen) atoms. The molecule has 1 aromatic rings. The van der Waals surface area contributed by atoms with Crippen molar-refractivity contribution in [3.05, 3.63) is 29.6 Å². The SMILES string of the molecule is CN1CCCC(N(C)C(=O)c2ccc(O)cc2F)C1. The molecule has 0 saturated carbocycles. The number of hydrogen-bond donors (Lipinski definition) is 1. The fraction of sp³-hybridized carbons (Fsp3) is 0.500. The Hall–Kier alpha value is -1.62. The summed E-state index contributed by atoms with van der Waals surface area (Å²) in [5, 5.41) is 9.17. The summed E-state index contributed by atoms with van der Waals surface area (Å²) in [7, 11) is 3.73. The highest BCUT2D eigenvalue weighted by Gasteiger charge is 2.26. The Morgan fingerprint density at radius 3 is 2.89 bits per heavy atom. The Balaban J connectivity index is 2.14. The third-order valence-corrected chi connectivity index (χ3v) is 3.65. The van der Waals surface area contributed by atoms with Gasteiger partial charge in [0.25, 0.3) is 5.91 Å². The largest absolute Gasteiger partial charge is 0.508 e. The molecular formula is C14H19FN2O2. The van der Waals surface area contributed by atoms with E-state index >= 15 is 0 Å². The molecule has 1 fully saturated rings. The van der Waals surface area contributed by atoms with Gasteiger partial charge in [0.15, 0.2) is 0 Å². The zero-order valence-electron chi connectivity index (χ0n) is 11.3. The van der Waals surface area contributed by atoms with Crippen LogP contribution in [0, 0.1) is 5.82 Å². The Kier molecular flexibility index (Phi) is 4.04. The normalized spacial score (nSPS) is 20.3. The molecule has 1 atom stereocenters. The lowest BCUT2D eigenvalue weighted by Gasteiger charge is -2.35. The molecule has 0 radical (unpaired) electrons. The number of likely N-dealkylation sites (N-methyl/N-ethyl adjacent to an activating group) is 2. The standard InChI is InChI=1S/C14H19FN2O2/c1-16-7-3-4-10(9-16)17(2)14(19)12-6-5-11(18)8-13(12)15/h5-6,8,10,18H,3-4,7,9H2,1-2H3. The molecule has 1 aromatic carbocycles. The second-order valence-corrected chi connectivity index (χ2v) is 5.14. The van der Waals surface area contributed by atoms with Crippen LogP contribution in [-0.4, -0.2) is 54.0 Å². The second-order valence-electron chi connectivity index (χ2n) is 5.14. The van der Waals surface area contributed by atoms with Gasteiger partial charge in [0, 0.05) is 25.7 Å². The summed E-state index contributed by atoms with van der Waals surface area (Å²) >= 11 is 0. The summed E-state index contributed by atoms with van der Waals surface area (Å²) in [6, 6.07) is 3.74. The van der Waals surface area contributed by atoms with Crippen LogP contribution in [0.2, 0.25) is 0 Å². The van der Waals surface area contributed by atoms with E-state index in [9.17, 15) is 9.18 Å². The van der Waals surface area contributed by atoms with Crippen LogP contribution < -0.4 is 0 Å². The molecular weight excluding hydrogens is 247 g/mol. The number of halogens is 1. The van der Waals surface area contributed by atoms with E-state index in [4.69, 9.17) is 5.11 Å². The molecule has 0 aromatic heterocycles. The predicted molar refractivity (Wildman–Crippen MR) is 70.7 cm³/mol. The molecule has 0 spiro atoms. The van der Waals surface area contributed by atoms with E-state index in [1.807, 2.05) is 7.05 Å². The van der Waals surface area contributed by atoms with Crippen LogP contribution in [0.25, 0.3) is 0 Å². The van der Waals surface area contributed by atoms with E-state index in [1.165, 1.54) is 12.1 Å². The third-order valence-electron chi connectivity index (χ3n) is 3.65. The molecule has 1 unspecified atom stereocenters. The average Bonchev–Trinajstić information content (AvgIpc) is 2.37. The molecule has 0 bridgehead atoms. The molecule has 2 rings (SSSR count). The number of phenolic OH excluding ortho intramolecular Hbond substituents is 1. The molecule has 1 aliphatic rings. The third kappa shape index (κ3) is 3.04. The maximum absolute atomic E-state index is 13.7. The van der Waals surface area contributed by atoms with Gasteiger partial charge in [-0.15, -0.1) is 0 Å². The van der Waals surface area contributed by atoms with Crippen molar-refractivity contribution in [2.24, 2.45) is 0 Å². The fourth-order valence-electron chi connectivity index (χ4n) is 2.49. The lowest BCUT2D eigenvalue weighted by atomic mass is 10.0. The van der Waals surface area contributed by atoms with Gasteiger partial charge >= 0.3 is 0 Å². The quantitative estimate of drug-likeness (QED) is 0.886. The number of rotatable bonds is 2. The minimum atomic E-state index is -0.680. The number of nitrogens with zero attached hydrogens (tertiary/aromatic N) is 2. The minimum absolute atomic E-state index is 0.00789. The zero-order valence-corrected chi connectivity index (χ0v) is 11.3. The van der Waals surface area contributed by atoms with Gasteiger partial charge in [0.2, 0.25) is 0 Å². The Labute approximate surface area is 112 Å². The summed E-state index contributed by atoms with van der Waals surface area (Å²) < 4.78 is 13.7. The van der Waals surface area contributed by atoms with Crippen molar-refractivity contribution >= 4 is 5.91 Å². The first-order valence-corrected chi connectivity index (χ1v) is 6.43. The Morgan fingerprint density at radius 2 is 2.26 bits per heavy atom. The number of phenols is 1. The summed E-state index contributed by atoms with van der Waals surface area (Å²) in [6.45, 7) is 1.84. The van der Waals surface area contributed by atoms with Crippen LogP contribution in [0.15, 0.2) is 18.2 Å². The van der Waals surface area contributed by atoms with E-state index in [0.29, 0.717) is 0 Å². The highest BCUT2D eigenvalue weighted by atomic mass is 19.1. The van der Waals surface area contributed by atoms with Gasteiger partial charge in [-0.05, 0) is 38.6 Å². The summed E-state index contributed by atoms with van der Waals surface area (Å²) in [5.41, 5.74) is 0.00789. The second kappa shape index (κ2) is 5.57. The van der Waals surface area contributed by atoms with Crippen LogP contribution in [0.3, 0.4) is 0 Å². The van der Waals surface area contributed by atoms with Gasteiger partial charge in [-0.1, -0.05) is 0 Å². The van der Waals surface area contributed by atoms with Crippen molar-refractivity contribution in [1.29, 1.82) is 0 Å². The van der Waals surface area contributed by atoms with Crippen molar-refractivity contribution in [3.8, 4) is 5.75 Å². The first-order chi connectivity index (χ1) is 8.99. The number of piperidine rings is 1. The van der Waals surface area contributed by atoms with E-state index < -0.39 is 5.82 Å². The number of amides is 1. The number of carbonyl (C=O) groups is 1. The monoisotopic (exact) mass is 266 g/mol. The molecule has 4 nitrogen and oxygen atoms in total. The van der Waals surface area contributed by atoms with E-state index in [2.05, 4.69) is 4.90 Å². The van der Waals surface area contributed by atoms with Gasteiger partial charge in [0.1, 0.15) is 11.6 Å². The van der Waals surface area contributed by atoms with Crippen molar-refractivity contribution in [3.63, 3.8) is 0 Å². The smallest absolute Gasteiger partial charge is 0.256 e. The van der Waals surface area contributed by atoms with E-state index in [1.54, 1.807) is 11.9 Å². The summed E-state index contributed by atoms with van der Waals surface area (Å²) in [6.07, 6.45) is 1.98. The van der Waals surface area contributed by atoms with Crippen molar-refractivity contribution in [2.75, 3.05) is 27.2 Å². The average molecular weight is 266 g/mol.